The van der Waals surface area contributed by atoms with Gasteiger partial charge in [-0.3, -0.25) is 0 Å². The van der Waals surface area contributed by atoms with E-state index in [1.807, 2.05) is 0 Å². The molecular formula is C8H26Si. The van der Waals surface area contributed by atoms with Crippen LogP contribution in [0.15, 0.2) is 0 Å². The molecule has 0 aromatic heterocycles. The van der Waals surface area contributed by atoms with Crippen molar-refractivity contribution >= 4 is 8.07 Å². The normalized spacial score (nSPS) is 8.00. The maximum absolute atomic E-state index is 2.38. The molecule has 1 heteroatoms. The van der Waals surface area contributed by atoms with E-state index in [0.717, 1.165) is 0 Å². The molecule has 0 saturated heterocycles. The van der Waals surface area contributed by atoms with Gasteiger partial charge in [-0.05, 0) is 0 Å². The van der Waals surface area contributed by atoms with Crippen molar-refractivity contribution in [2.75, 3.05) is 0 Å². The van der Waals surface area contributed by atoms with Gasteiger partial charge in [-0.15, -0.1) is 0 Å². The zero-order chi connectivity index (χ0) is 5.21. The van der Waals surface area contributed by atoms with E-state index < -0.39 is 8.07 Å². The lowest BCUT2D eigenvalue weighted by Gasteiger charge is -2.09. The molecule has 0 saturated carbocycles. The van der Waals surface area contributed by atoms with Crippen LogP contribution in [0.4, 0.5) is 0 Å². The molecule has 0 spiro atoms. The SMILES string of the molecule is C.C.C.CC[Si](C)(C)C. The summed E-state index contributed by atoms with van der Waals surface area (Å²) in [5, 5.41) is 0. The maximum Gasteiger partial charge on any atom is 0.0439 e. The number of hydrogen-bond acceptors (Lipinski definition) is 0. The van der Waals surface area contributed by atoms with Crippen LogP contribution in [0.25, 0.3) is 0 Å². The Balaban J connectivity index is -0.0000000417. The van der Waals surface area contributed by atoms with Gasteiger partial charge in [0.15, 0.2) is 0 Å². The monoisotopic (exact) mass is 150 g/mol. The van der Waals surface area contributed by atoms with E-state index in [0.29, 0.717) is 0 Å². The summed E-state index contributed by atoms with van der Waals surface area (Å²) in [5.74, 6) is 0. The van der Waals surface area contributed by atoms with E-state index in [4.69, 9.17) is 0 Å². The van der Waals surface area contributed by atoms with Gasteiger partial charge in [-0.2, -0.15) is 0 Å². The zero-order valence-corrected chi connectivity index (χ0v) is 6.21. The van der Waals surface area contributed by atoms with Crippen molar-refractivity contribution in [2.45, 2.75) is 54.9 Å². The second-order valence-electron chi connectivity index (χ2n) is 2.91. The maximum atomic E-state index is 2.38. The molecule has 0 atom stereocenters. The lowest BCUT2D eigenvalue weighted by Crippen LogP contribution is -2.16. The molecule has 62 valence electrons. The third-order valence-corrected chi connectivity index (χ3v) is 3.18. The zero-order valence-electron chi connectivity index (χ0n) is 5.21. The van der Waals surface area contributed by atoms with Crippen molar-refractivity contribution in [3.8, 4) is 0 Å². The van der Waals surface area contributed by atoms with E-state index in [9.17, 15) is 0 Å². The molecule has 0 aromatic carbocycles. The summed E-state index contributed by atoms with van der Waals surface area (Å²) in [6.07, 6.45) is 0. The molecule has 0 aliphatic carbocycles. The minimum Gasteiger partial charge on any atom is -0.0776 e. The van der Waals surface area contributed by atoms with Gasteiger partial charge in [-0.1, -0.05) is 54.9 Å². The molecule has 0 amide bonds. The Kier molecular flexibility index (Phi) is 20.9. The summed E-state index contributed by atoms with van der Waals surface area (Å²) in [6.45, 7) is 9.42. The number of hydrogen-bond donors (Lipinski definition) is 0. The summed E-state index contributed by atoms with van der Waals surface area (Å²) in [7, 11) is -0.631. The van der Waals surface area contributed by atoms with Crippen LogP contribution in [-0.4, -0.2) is 8.07 Å². The Hall–Kier alpha value is 0.217. The Morgan fingerprint density at radius 2 is 1.00 bits per heavy atom. The first-order valence-electron chi connectivity index (χ1n) is 2.56. The van der Waals surface area contributed by atoms with Gasteiger partial charge in [-0.25, -0.2) is 0 Å². The second-order valence-corrected chi connectivity index (χ2v) is 8.74. The molecule has 0 bridgehead atoms. The Labute approximate surface area is 63.7 Å². The number of rotatable bonds is 1. The van der Waals surface area contributed by atoms with Crippen molar-refractivity contribution in [1.29, 1.82) is 0 Å². The van der Waals surface area contributed by atoms with E-state index in [1.54, 1.807) is 0 Å². The Morgan fingerprint density at radius 3 is 1.00 bits per heavy atom. The Bertz CT molecular complexity index is 34.3. The van der Waals surface area contributed by atoms with Crippen molar-refractivity contribution in [1.82, 2.24) is 0 Å². The van der Waals surface area contributed by atoms with Gasteiger partial charge in [0.1, 0.15) is 0 Å². The van der Waals surface area contributed by atoms with E-state index in [2.05, 4.69) is 26.6 Å². The first-order valence-corrected chi connectivity index (χ1v) is 6.27. The van der Waals surface area contributed by atoms with Crippen LogP contribution >= 0.6 is 0 Å². The largest absolute Gasteiger partial charge is 0.0776 e. The van der Waals surface area contributed by atoms with Crippen LogP contribution < -0.4 is 0 Å². The molecule has 0 aliphatic rings. The highest BCUT2D eigenvalue weighted by Gasteiger charge is 2.06. The predicted octanol–water partition coefficient (Wildman–Crippen LogP) is 4.25. The average molecular weight is 150 g/mol. The summed E-state index contributed by atoms with van der Waals surface area (Å²) < 4.78 is 0. The summed E-state index contributed by atoms with van der Waals surface area (Å²) in [5.41, 5.74) is 0. The van der Waals surface area contributed by atoms with Crippen LogP contribution in [0.1, 0.15) is 29.2 Å². The third-order valence-electron chi connectivity index (χ3n) is 1.06. The van der Waals surface area contributed by atoms with Gasteiger partial charge in [0.25, 0.3) is 0 Å². The standard InChI is InChI=1S/C5H14Si.3CH4/c1-5-6(2,3)4;;;/h5H2,1-4H3;3*1H4. The summed E-state index contributed by atoms with van der Waals surface area (Å²) in [4.78, 5) is 0. The highest BCUT2D eigenvalue weighted by molar-refractivity contribution is 6.75. The van der Waals surface area contributed by atoms with Crippen molar-refractivity contribution < 1.29 is 0 Å². The fourth-order valence-electron chi connectivity index (χ4n) is 0. The van der Waals surface area contributed by atoms with Crippen LogP contribution in [0.5, 0.6) is 0 Å². The average Bonchev–Trinajstić information content (AvgIpc) is 1.35. The molecule has 9 heavy (non-hydrogen) atoms. The molecule has 0 rings (SSSR count). The van der Waals surface area contributed by atoms with Crippen LogP contribution in [0.2, 0.25) is 25.7 Å². The van der Waals surface area contributed by atoms with Crippen LogP contribution in [-0.2, 0) is 0 Å². The molecule has 0 aromatic rings. The smallest absolute Gasteiger partial charge is 0.0439 e. The molecule has 0 unspecified atom stereocenters. The quantitative estimate of drug-likeness (QED) is 0.490. The van der Waals surface area contributed by atoms with E-state index >= 15 is 0 Å². The summed E-state index contributed by atoms with van der Waals surface area (Å²) >= 11 is 0. The lowest BCUT2D eigenvalue weighted by atomic mass is 11.0. The van der Waals surface area contributed by atoms with Gasteiger partial charge < -0.3 is 0 Å². The highest BCUT2D eigenvalue weighted by Crippen LogP contribution is 2.04. The molecule has 0 N–H and O–H groups in total. The Morgan fingerprint density at radius 1 is 0.889 bits per heavy atom. The van der Waals surface area contributed by atoms with E-state index in [1.165, 1.54) is 6.04 Å². The molecule has 0 nitrogen and oxygen atoms in total. The second kappa shape index (κ2) is 8.22. The first-order chi connectivity index (χ1) is 2.56. The minimum atomic E-state index is -0.631. The third kappa shape index (κ3) is 30.7. The van der Waals surface area contributed by atoms with Crippen molar-refractivity contribution in [2.24, 2.45) is 0 Å². The van der Waals surface area contributed by atoms with E-state index in [-0.39, 0.29) is 22.3 Å². The summed E-state index contributed by atoms with van der Waals surface area (Å²) in [6, 6.07) is 1.41. The van der Waals surface area contributed by atoms with Gasteiger partial charge in [0.2, 0.25) is 0 Å². The predicted molar refractivity (Wildman–Crippen MR) is 54.0 cm³/mol. The van der Waals surface area contributed by atoms with Crippen molar-refractivity contribution in [3.63, 3.8) is 0 Å². The van der Waals surface area contributed by atoms with Gasteiger partial charge in [0, 0.05) is 8.07 Å². The van der Waals surface area contributed by atoms with Crippen LogP contribution in [0, 0.1) is 0 Å². The fraction of sp³-hybridized carbons (Fsp3) is 1.00. The van der Waals surface area contributed by atoms with Crippen LogP contribution in [0.3, 0.4) is 0 Å². The van der Waals surface area contributed by atoms with Gasteiger partial charge in [0.05, 0.1) is 0 Å². The highest BCUT2D eigenvalue weighted by atomic mass is 28.3. The molecule has 0 radical (unpaired) electrons. The fourth-order valence-corrected chi connectivity index (χ4v) is 0. The minimum absolute atomic E-state index is 0. The topological polar surface area (TPSA) is 0 Å². The van der Waals surface area contributed by atoms with Gasteiger partial charge >= 0.3 is 0 Å². The van der Waals surface area contributed by atoms with Crippen molar-refractivity contribution in [3.05, 3.63) is 0 Å². The molecular weight excluding hydrogens is 124 g/mol. The molecule has 0 fully saturated rings. The first kappa shape index (κ1) is 22.9. The molecule has 0 heterocycles. The lowest BCUT2D eigenvalue weighted by molar-refractivity contribution is 1.36. The molecule has 0 aliphatic heterocycles.